The topological polar surface area (TPSA) is 78.8 Å². The Labute approximate surface area is 118 Å². The molecular formula is C14H21N5O. The summed E-state index contributed by atoms with van der Waals surface area (Å²) in [5, 5.41) is 12.1. The molecule has 2 aromatic rings. The van der Waals surface area contributed by atoms with Gasteiger partial charge in [0.15, 0.2) is 5.82 Å². The lowest BCUT2D eigenvalue weighted by Gasteiger charge is -2.27. The van der Waals surface area contributed by atoms with Crippen molar-refractivity contribution in [1.29, 1.82) is 0 Å². The van der Waals surface area contributed by atoms with E-state index in [0.717, 1.165) is 24.2 Å². The highest BCUT2D eigenvalue weighted by Crippen LogP contribution is 2.31. The number of aromatic nitrogens is 4. The second-order valence-electron chi connectivity index (χ2n) is 5.08. The van der Waals surface area contributed by atoms with Crippen LogP contribution in [-0.2, 0) is 5.54 Å². The maximum atomic E-state index is 5.96. The lowest BCUT2D eigenvalue weighted by molar-refractivity contribution is 0.262. The number of tetrazole rings is 1. The summed E-state index contributed by atoms with van der Waals surface area (Å²) < 4.78 is 7.06. The molecule has 0 amide bonds. The van der Waals surface area contributed by atoms with Crippen LogP contribution in [0.1, 0.15) is 33.6 Å². The summed E-state index contributed by atoms with van der Waals surface area (Å²) in [4.78, 5) is 0. The van der Waals surface area contributed by atoms with E-state index in [4.69, 9.17) is 10.5 Å². The highest BCUT2D eigenvalue weighted by atomic mass is 16.5. The Morgan fingerprint density at radius 3 is 2.55 bits per heavy atom. The molecule has 0 unspecified atom stereocenters. The van der Waals surface area contributed by atoms with Crippen LogP contribution in [0.5, 0.6) is 5.75 Å². The average molecular weight is 275 g/mol. The van der Waals surface area contributed by atoms with Crippen molar-refractivity contribution < 1.29 is 4.74 Å². The molecule has 1 aromatic heterocycles. The van der Waals surface area contributed by atoms with E-state index in [1.54, 1.807) is 7.11 Å². The third-order valence-corrected chi connectivity index (χ3v) is 3.99. The molecule has 0 fully saturated rings. The summed E-state index contributed by atoms with van der Waals surface area (Å²) >= 11 is 0. The zero-order valence-electron chi connectivity index (χ0n) is 12.4. The molecule has 2 rings (SSSR count). The van der Waals surface area contributed by atoms with Gasteiger partial charge < -0.3 is 10.5 Å². The summed E-state index contributed by atoms with van der Waals surface area (Å²) in [7, 11) is 1.60. The first kappa shape index (κ1) is 14.3. The van der Waals surface area contributed by atoms with Crippen LogP contribution in [0.15, 0.2) is 18.2 Å². The van der Waals surface area contributed by atoms with Gasteiger partial charge in [-0.05, 0) is 48.4 Å². The van der Waals surface area contributed by atoms with E-state index in [-0.39, 0.29) is 5.54 Å². The van der Waals surface area contributed by atoms with Crippen molar-refractivity contribution in [2.24, 2.45) is 0 Å². The number of rotatable bonds is 5. The van der Waals surface area contributed by atoms with Crippen molar-refractivity contribution in [2.45, 2.75) is 39.2 Å². The summed E-state index contributed by atoms with van der Waals surface area (Å²) in [6, 6.07) is 5.59. The number of nitrogens with zero attached hydrogens (tertiary/aromatic N) is 4. The number of benzene rings is 1. The van der Waals surface area contributed by atoms with Crippen LogP contribution < -0.4 is 10.5 Å². The van der Waals surface area contributed by atoms with Crippen molar-refractivity contribution in [2.75, 3.05) is 12.8 Å². The molecule has 6 heteroatoms. The smallest absolute Gasteiger partial charge is 0.182 e. The normalized spacial score (nSPS) is 11.6. The standard InChI is InChI=1S/C14H21N5O/c1-5-14(3,6-2)19-13(16-17-18-19)10-7-8-12(20-4)11(15)9-10/h7-9H,5-6,15H2,1-4H3. The third kappa shape index (κ3) is 2.33. The highest BCUT2D eigenvalue weighted by molar-refractivity contribution is 5.66. The van der Waals surface area contributed by atoms with Gasteiger partial charge in [0.1, 0.15) is 5.75 Å². The van der Waals surface area contributed by atoms with Crippen LogP contribution in [0.3, 0.4) is 0 Å². The van der Waals surface area contributed by atoms with Gasteiger partial charge in [-0.15, -0.1) is 5.10 Å². The second-order valence-corrected chi connectivity index (χ2v) is 5.08. The van der Waals surface area contributed by atoms with Crippen LogP contribution in [-0.4, -0.2) is 27.3 Å². The molecule has 0 radical (unpaired) electrons. The molecule has 2 N–H and O–H groups in total. The van der Waals surface area contributed by atoms with E-state index in [9.17, 15) is 0 Å². The fourth-order valence-electron chi connectivity index (χ4n) is 2.15. The van der Waals surface area contributed by atoms with Crippen LogP contribution in [0.2, 0.25) is 0 Å². The molecule has 0 saturated carbocycles. The number of methoxy groups -OCH3 is 1. The predicted octanol–water partition coefficient (Wildman–Crippen LogP) is 2.47. The minimum absolute atomic E-state index is 0.104. The Kier molecular flexibility index (Phi) is 3.92. The van der Waals surface area contributed by atoms with Gasteiger partial charge in [0.2, 0.25) is 0 Å². The molecule has 0 aliphatic carbocycles. The minimum atomic E-state index is -0.104. The number of hydrogen-bond donors (Lipinski definition) is 1. The molecule has 20 heavy (non-hydrogen) atoms. The Bertz CT molecular complexity index is 589. The molecule has 108 valence electrons. The summed E-state index contributed by atoms with van der Waals surface area (Å²) in [6.45, 7) is 6.43. The Balaban J connectivity index is 2.50. The number of anilines is 1. The molecule has 0 spiro atoms. The van der Waals surface area contributed by atoms with Crippen LogP contribution in [0.25, 0.3) is 11.4 Å². The maximum Gasteiger partial charge on any atom is 0.182 e. The SMILES string of the molecule is CCC(C)(CC)n1nnnc1-c1ccc(OC)c(N)c1. The van der Waals surface area contributed by atoms with E-state index in [1.165, 1.54) is 0 Å². The lowest BCUT2D eigenvalue weighted by atomic mass is 9.95. The van der Waals surface area contributed by atoms with Crippen molar-refractivity contribution >= 4 is 5.69 Å². The maximum absolute atomic E-state index is 5.96. The third-order valence-electron chi connectivity index (χ3n) is 3.99. The largest absolute Gasteiger partial charge is 0.495 e. The molecule has 0 saturated heterocycles. The Hall–Kier alpha value is -2.11. The van der Waals surface area contributed by atoms with E-state index in [2.05, 4.69) is 36.3 Å². The van der Waals surface area contributed by atoms with Gasteiger partial charge in [0.25, 0.3) is 0 Å². The Morgan fingerprint density at radius 1 is 1.30 bits per heavy atom. The fourth-order valence-corrected chi connectivity index (χ4v) is 2.15. The van der Waals surface area contributed by atoms with Gasteiger partial charge in [-0.1, -0.05) is 13.8 Å². The molecule has 0 atom stereocenters. The van der Waals surface area contributed by atoms with E-state index in [0.29, 0.717) is 11.4 Å². The average Bonchev–Trinajstić information content (AvgIpc) is 2.96. The van der Waals surface area contributed by atoms with Gasteiger partial charge >= 0.3 is 0 Å². The highest BCUT2D eigenvalue weighted by Gasteiger charge is 2.27. The number of nitrogens with two attached hydrogens (primary N) is 1. The number of hydrogen-bond acceptors (Lipinski definition) is 5. The molecule has 0 bridgehead atoms. The van der Waals surface area contributed by atoms with Gasteiger partial charge in [-0.2, -0.15) is 0 Å². The van der Waals surface area contributed by atoms with Crippen molar-refractivity contribution in [1.82, 2.24) is 20.2 Å². The quantitative estimate of drug-likeness (QED) is 0.848. The zero-order valence-corrected chi connectivity index (χ0v) is 12.4. The molecule has 6 nitrogen and oxygen atoms in total. The van der Waals surface area contributed by atoms with Crippen LogP contribution >= 0.6 is 0 Å². The van der Waals surface area contributed by atoms with Crippen LogP contribution in [0.4, 0.5) is 5.69 Å². The number of ether oxygens (including phenoxy) is 1. The van der Waals surface area contributed by atoms with Gasteiger partial charge in [-0.25, -0.2) is 4.68 Å². The Morgan fingerprint density at radius 2 is 2.00 bits per heavy atom. The second kappa shape index (κ2) is 5.48. The van der Waals surface area contributed by atoms with E-state index < -0.39 is 0 Å². The molecule has 0 aliphatic rings. The van der Waals surface area contributed by atoms with Gasteiger partial charge in [-0.3, -0.25) is 0 Å². The summed E-state index contributed by atoms with van der Waals surface area (Å²) in [6.07, 6.45) is 1.90. The van der Waals surface area contributed by atoms with Gasteiger partial charge in [0, 0.05) is 5.56 Å². The lowest BCUT2D eigenvalue weighted by Crippen LogP contribution is -2.30. The first-order chi connectivity index (χ1) is 9.55. The molecular weight excluding hydrogens is 254 g/mol. The zero-order chi connectivity index (χ0) is 14.8. The summed E-state index contributed by atoms with van der Waals surface area (Å²) in [5.41, 5.74) is 7.32. The monoisotopic (exact) mass is 275 g/mol. The van der Waals surface area contributed by atoms with Crippen molar-refractivity contribution in [3.63, 3.8) is 0 Å². The number of nitrogen functional groups attached to an aromatic ring is 1. The van der Waals surface area contributed by atoms with Crippen molar-refractivity contribution in [3.05, 3.63) is 18.2 Å². The van der Waals surface area contributed by atoms with Crippen molar-refractivity contribution in [3.8, 4) is 17.1 Å². The fraction of sp³-hybridized carbons (Fsp3) is 0.500. The minimum Gasteiger partial charge on any atom is -0.495 e. The first-order valence-corrected chi connectivity index (χ1v) is 6.78. The predicted molar refractivity (Wildman–Crippen MR) is 78.4 cm³/mol. The molecule has 1 aromatic carbocycles. The summed E-state index contributed by atoms with van der Waals surface area (Å²) in [5.74, 6) is 1.38. The molecule has 0 aliphatic heterocycles. The van der Waals surface area contributed by atoms with Gasteiger partial charge in [0.05, 0.1) is 18.3 Å². The van der Waals surface area contributed by atoms with E-state index >= 15 is 0 Å². The molecule has 1 heterocycles. The van der Waals surface area contributed by atoms with Crippen LogP contribution in [0, 0.1) is 0 Å². The first-order valence-electron chi connectivity index (χ1n) is 6.78. The van der Waals surface area contributed by atoms with E-state index in [1.807, 2.05) is 22.9 Å².